The first-order valence-corrected chi connectivity index (χ1v) is 11.4. The van der Waals surface area contributed by atoms with Crippen molar-refractivity contribution in [3.8, 4) is 0 Å². The van der Waals surface area contributed by atoms with Crippen LogP contribution in [-0.2, 0) is 11.2 Å². The summed E-state index contributed by atoms with van der Waals surface area (Å²) in [5.74, 6) is 0.0480. The zero-order valence-corrected chi connectivity index (χ0v) is 19.0. The molecule has 3 atom stereocenters. The number of carbonyl (C=O) groups is 2. The third-order valence-corrected chi connectivity index (χ3v) is 7.22. The van der Waals surface area contributed by atoms with Crippen LogP contribution in [0.3, 0.4) is 0 Å². The molecule has 0 unspecified atom stereocenters. The topological polar surface area (TPSA) is 79.9 Å². The van der Waals surface area contributed by atoms with Gasteiger partial charge in [-0.15, -0.1) is 0 Å². The Kier molecular flexibility index (Phi) is 6.08. The summed E-state index contributed by atoms with van der Waals surface area (Å²) >= 11 is 0. The predicted molar refractivity (Wildman–Crippen MR) is 121 cm³/mol. The number of hydrogen-bond acceptors (Lipinski definition) is 4. The maximum Gasteiger partial charge on any atom is 0.270 e. The number of fused-ring (bicyclic) bond motifs is 1. The van der Waals surface area contributed by atoms with Crippen LogP contribution in [0.25, 0.3) is 10.9 Å². The van der Waals surface area contributed by atoms with Crippen molar-refractivity contribution in [2.45, 2.75) is 58.2 Å². The maximum atomic E-state index is 13.4. The van der Waals surface area contributed by atoms with E-state index in [1.807, 2.05) is 24.1 Å². The zero-order chi connectivity index (χ0) is 22.3. The lowest BCUT2D eigenvalue weighted by Crippen LogP contribution is -2.55. The van der Waals surface area contributed by atoms with E-state index in [9.17, 15) is 14.7 Å². The molecule has 168 valence electrons. The second-order valence-corrected chi connectivity index (χ2v) is 9.04. The minimum absolute atomic E-state index is 0.0327. The molecule has 2 amide bonds. The molecule has 0 spiro atoms. The molecule has 2 aliphatic rings. The van der Waals surface area contributed by atoms with Gasteiger partial charge in [-0.2, -0.15) is 0 Å². The average molecular weight is 427 g/mol. The SMILES string of the molecule is CCc1c(C(=O)N(C)[C@@H]2CC[C@@H](N3CCN(C(C)=O)CC3)[C@@H]2O)[nH]c2ccc(C)cc12. The number of nitrogens with zero attached hydrogens (tertiary/aromatic N) is 3. The fourth-order valence-corrected chi connectivity index (χ4v) is 5.37. The molecule has 2 N–H and O–H groups in total. The van der Waals surface area contributed by atoms with E-state index in [1.165, 1.54) is 5.56 Å². The molecule has 1 saturated heterocycles. The molecule has 1 saturated carbocycles. The van der Waals surface area contributed by atoms with Gasteiger partial charge in [0.05, 0.1) is 12.1 Å². The van der Waals surface area contributed by atoms with Crippen molar-refractivity contribution < 1.29 is 14.7 Å². The standard InChI is InChI=1S/C24H34N4O3/c1-5-17-18-14-15(2)6-7-19(18)25-22(17)24(31)26(4)20-8-9-21(23(20)30)28-12-10-27(11-13-28)16(3)29/h6-7,14,20-21,23,25,30H,5,8-13H2,1-4H3/t20-,21-,23-/m1/s1. The van der Waals surface area contributed by atoms with Gasteiger partial charge in [-0.25, -0.2) is 0 Å². The van der Waals surface area contributed by atoms with Crippen LogP contribution in [0.2, 0.25) is 0 Å². The zero-order valence-electron chi connectivity index (χ0n) is 19.0. The number of benzene rings is 1. The first-order chi connectivity index (χ1) is 14.8. The van der Waals surface area contributed by atoms with Gasteiger partial charge in [-0.05, 0) is 43.9 Å². The number of aliphatic hydroxyl groups is 1. The van der Waals surface area contributed by atoms with Crippen molar-refractivity contribution in [3.05, 3.63) is 35.0 Å². The lowest BCUT2D eigenvalue weighted by molar-refractivity contribution is -0.131. The van der Waals surface area contributed by atoms with E-state index in [0.29, 0.717) is 18.8 Å². The quantitative estimate of drug-likeness (QED) is 0.785. The number of carbonyl (C=O) groups excluding carboxylic acids is 2. The average Bonchev–Trinajstić information content (AvgIpc) is 3.32. The van der Waals surface area contributed by atoms with Crippen LogP contribution >= 0.6 is 0 Å². The number of H-pyrrole nitrogens is 1. The van der Waals surface area contributed by atoms with Crippen molar-refractivity contribution >= 4 is 22.7 Å². The van der Waals surface area contributed by atoms with Crippen LogP contribution in [0.15, 0.2) is 18.2 Å². The van der Waals surface area contributed by atoms with E-state index >= 15 is 0 Å². The molecule has 1 aliphatic carbocycles. The van der Waals surface area contributed by atoms with Crippen molar-refractivity contribution in [3.63, 3.8) is 0 Å². The van der Waals surface area contributed by atoms with Crippen molar-refractivity contribution in [1.82, 2.24) is 19.7 Å². The molecular formula is C24H34N4O3. The molecule has 31 heavy (non-hydrogen) atoms. The van der Waals surface area contributed by atoms with Crippen LogP contribution in [0.4, 0.5) is 0 Å². The molecule has 2 heterocycles. The summed E-state index contributed by atoms with van der Waals surface area (Å²) in [4.78, 5) is 34.2. The van der Waals surface area contributed by atoms with Gasteiger partial charge in [0.25, 0.3) is 5.91 Å². The smallest absolute Gasteiger partial charge is 0.270 e. The summed E-state index contributed by atoms with van der Waals surface area (Å²) in [6.45, 7) is 8.68. The van der Waals surface area contributed by atoms with E-state index in [4.69, 9.17) is 0 Å². The maximum absolute atomic E-state index is 13.4. The molecule has 7 nitrogen and oxygen atoms in total. The van der Waals surface area contributed by atoms with E-state index in [-0.39, 0.29) is 23.9 Å². The Balaban J connectivity index is 1.49. The van der Waals surface area contributed by atoms with Crippen LogP contribution in [-0.4, -0.2) is 88.0 Å². The number of amides is 2. The molecule has 7 heteroatoms. The largest absolute Gasteiger partial charge is 0.389 e. The summed E-state index contributed by atoms with van der Waals surface area (Å²) in [6.07, 6.45) is 1.82. The molecular weight excluding hydrogens is 392 g/mol. The Labute approximate surface area is 184 Å². The second-order valence-electron chi connectivity index (χ2n) is 9.04. The normalized spacial score (nSPS) is 24.7. The lowest BCUT2D eigenvalue weighted by Gasteiger charge is -2.39. The molecule has 0 radical (unpaired) electrons. The van der Waals surface area contributed by atoms with Crippen LogP contribution in [0, 0.1) is 6.92 Å². The van der Waals surface area contributed by atoms with Gasteiger partial charge < -0.3 is 19.9 Å². The number of piperazine rings is 1. The Bertz CT molecular complexity index is 977. The highest BCUT2D eigenvalue weighted by atomic mass is 16.3. The van der Waals surface area contributed by atoms with E-state index in [2.05, 4.69) is 29.8 Å². The fourth-order valence-electron chi connectivity index (χ4n) is 5.37. The van der Waals surface area contributed by atoms with E-state index < -0.39 is 6.10 Å². The van der Waals surface area contributed by atoms with Crippen molar-refractivity contribution in [2.75, 3.05) is 33.2 Å². The predicted octanol–water partition coefficient (Wildman–Crippen LogP) is 2.17. The monoisotopic (exact) mass is 426 g/mol. The van der Waals surface area contributed by atoms with E-state index in [0.717, 1.165) is 48.8 Å². The van der Waals surface area contributed by atoms with Crippen molar-refractivity contribution in [2.24, 2.45) is 0 Å². The first-order valence-electron chi connectivity index (χ1n) is 11.4. The Morgan fingerprint density at radius 1 is 1.19 bits per heavy atom. The molecule has 1 aliphatic heterocycles. The summed E-state index contributed by atoms with van der Waals surface area (Å²) < 4.78 is 0. The molecule has 2 aromatic rings. The Morgan fingerprint density at radius 3 is 2.55 bits per heavy atom. The molecule has 1 aromatic heterocycles. The molecule has 2 fully saturated rings. The first kappa shape index (κ1) is 21.8. The fraction of sp³-hybridized carbons (Fsp3) is 0.583. The number of hydrogen-bond donors (Lipinski definition) is 2. The van der Waals surface area contributed by atoms with Crippen molar-refractivity contribution in [1.29, 1.82) is 0 Å². The highest BCUT2D eigenvalue weighted by Gasteiger charge is 2.42. The number of aryl methyl sites for hydroxylation is 2. The molecule has 0 bridgehead atoms. The second kappa shape index (κ2) is 8.63. The third kappa shape index (κ3) is 3.96. The van der Waals surface area contributed by atoms with Gasteiger partial charge in [-0.1, -0.05) is 18.6 Å². The van der Waals surface area contributed by atoms with Crippen LogP contribution in [0.5, 0.6) is 0 Å². The number of likely N-dealkylation sites (N-methyl/N-ethyl adjacent to an activating group) is 1. The number of aromatic nitrogens is 1. The number of rotatable bonds is 4. The summed E-state index contributed by atoms with van der Waals surface area (Å²) in [5, 5.41) is 12.2. The van der Waals surface area contributed by atoms with Crippen LogP contribution in [0.1, 0.15) is 48.3 Å². The minimum Gasteiger partial charge on any atom is -0.389 e. The number of aliphatic hydroxyl groups excluding tert-OH is 1. The number of nitrogens with one attached hydrogen (secondary N) is 1. The summed E-state index contributed by atoms with van der Waals surface area (Å²) in [7, 11) is 1.81. The van der Waals surface area contributed by atoms with Gasteiger partial charge >= 0.3 is 0 Å². The van der Waals surface area contributed by atoms with Gasteiger partial charge in [0.2, 0.25) is 5.91 Å². The highest BCUT2D eigenvalue weighted by Crippen LogP contribution is 2.31. The van der Waals surface area contributed by atoms with Gasteiger partial charge in [0, 0.05) is 57.1 Å². The highest BCUT2D eigenvalue weighted by molar-refractivity contribution is 6.01. The summed E-state index contributed by atoms with van der Waals surface area (Å²) in [6, 6.07) is 6.03. The lowest BCUT2D eigenvalue weighted by atomic mass is 10.0. The van der Waals surface area contributed by atoms with Gasteiger partial charge in [0.15, 0.2) is 0 Å². The molecule has 4 rings (SSSR count). The van der Waals surface area contributed by atoms with Gasteiger partial charge in [0.1, 0.15) is 5.69 Å². The minimum atomic E-state index is -0.588. The summed E-state index contributed by atoms with van der Waals surface area (Å²) in [5.41, 5.74) is 3.83. The Hall–Kier alpha value is -2.38. The number of aromatic amines is 1. The Morgan fingerprint density at radius 2 is 1.90 bits per heavy atom. The molecule has 1 aromatic carbocycles. The van der Waals surface area contributed by atoms with E-state index in [1.54, 1.807) is 11.8 Å². The van der Waals surface area contributed by atoms with Gasteiger partial charge in [-0.3, -0.25) is 14.5 Å². The third-order valence-electron chi connectivity index (χ3n) is 7.22. The van der Waals surface area contributed by atoms with Crippen LogP contribution < -0.4 is 0 Å².